The lowest BCUT2D eigenvalue weighted by atomic mass is 9.95. The van der Waals surface area contributed by atoms with Crippen LogP contribution >= 0.6 is 0 Å². The van der Waals surface area contributed by atoms with Gasteiger partial charge in [-0.3, -0.25) is 9.98 Å². The summed E-state index contributed by atoms with van der Waals surface area (Å²) in [4.78, 5) is 8.62. The molecule has 5 rings (SSSR count). The standard InChI is InChI=1S/C26H24N2/c1-2-5-23-15-20(14-22(23)4-1)9-8-19-10-12-21(13-11-19)24-6-3-7-25(16-24)26-17-27-18-28-26/h1-7,10-13,16-17,20H,8-9,14-15,18H2. The van der Waals surface area contributed by atoms with Crippen molar-refractivity contribution < 1.29 is 0 Å². The van der Waals surface area contributed by atoms with Gasteiger partial charge in [-0.2, -0.15) is 0 Å². The number of aliphatic imine (C=N–C) groups is 2. The lowest BCUT2D eigenvalue weighted by Gasteiger charge is -2.10. The van der Waals surface area contributed by atoms with Gasteiger partial charge in [-0.15, -0.1) is 0 Å². The Balaban J connectivity index is 1.24. The van der Waals surface area contributed by atoms with Crippen LogP contribution in [0.5, 0.6) is 0 Å². The highest BCUT2D eigenvalue weighted by Gasteiger charge is 2.20. The molecule has 0 radical (unpaired) electrons. The minimum atomic E-state index is 0.556. The monoisotopic (exact) mass is 364 g/mol. The third kappa shape index (κ3) is 3.55. The molecule has 0 amide bonds. The summed E-state index contributed by atoms with van der Waals surface area (Å²) in [6.45, 7) is 0.556. The van der Waals surface area contributed by atoms with Crippen molar-refractivity contribution in [3.63, 3.8) is 0 Å². The van der Waals surface area contributed by atoms with Gasteiger partial charge in [0.1, 0.15) is 6.67 Å². The van der Waals surface area contributed by atoms with Crippen molar-refractivity contribution in [1.29, 1.82) is 0 Å². The average molecular weight is 364 g/mol. The summed E-state index contributed by atoms with van der Waals surface area (Å²) in [5, 5.41) is 0. The highest BCUT2D eigenvalue weighted by atomic mass is 15.0. The average Bonchev–Trinajstić information content (AvgIpc) is 3.42. The Bertz CT molecular complexity index is 1020. The summed E-state index contributed by atoms with van der Waals surface area (Å²) in [5.41, 5.74) is 9.16. The number of aryl methyl sites for hydroxylation is 1. The fourth-order valence-electron chi connectivity index (χ4n) is 4.40. The second-order valence-corrected chi connectivity index (χ2v) is 7.86. The first kappa shape index (κ1) is 17.1. The second kappa shape index (κ2) is 7.55. The van der Waals surface area contributed by atoms with E-state index in [9.17, 15) is 0 Å². The third-order valence-electron chi connectivity index (χ3n) is 5.96. The zero-order valence-electron chi connectivity index (χ0n) is 16.0. The highest BCUT2D eigenvalue weighted by Crippen LogP contribution is 2.30. The molecule has 0 fully saturated rings. The zero-order chi connectivity index (χ0) is 18.8. The maximum absolute atomic E-state index is 4.43. The van der Waals surface area contributed by atoms with E-state index in [1.807, 2.05) is 6.21 Å². The van der Waals surface area contributed by atoms with Crippen molar-refractivity contribution in [2.24, 2.45) is 15.9 Å². The molecule has 1 aliphatic heterocycles. The van der Waals surface area contributed by atoms with E-state index in [0.29, 0.717) is 6.67 Å². The van der Waals surface area contributed by atoms with Crippen LogP contribution in [0.2, 0.25) is 0 Å². The first-order valence-corrected chi connectivity index (χ1v) is 10.2. The van der Waals surface area contributed by atoms with E-state index in [0.717, 1.165) is 23.6 Å². The Hall–Kier alpha value is -3.00. The number of hydrogen-bond acceptors (Lipinski definition) is 2. The fraction of sp³-hybridized carbons (Fsp3) is 0.231. The molecule has 1 heterocycles. The largest absolute Gasteiger partial charge is 0.268 e. The maximum atomic E-state index is 4.43. The van der Waals surface area contributed by atoms with E-state index in [1.54, 1.807) is 11.1 Å². The molecule has 3 aromatic carbocycles. The Kier molecular flexibility index (Phi) is 4.62. The molecule has 138 valence electrons. The lowest BCUT2D eigenvalue weighted by Crippen LogP contribution is -2.01. The number of nitrogens with zero attached hydrogens (tertiary/aromatic N) is 2. The molecule has 3 aromatic rings. The van der Waals surface area contributed by atoms with Crippen LogP contribution in [-0.2, 0) is 19.3 Å². The van der Waals surface area contributed by atoms with Gasteiger partial charge in [-0.05, 0) is 65.5 Å². The molecule has 2 nitrogen and oxygen atoms in total. The van der Waals surface area contributed by atoms with Gasteiger partial charge in [-0.1, -0.05) is 66.7 Å². The first-order valence-electron chi connectivity index (χ1n) is 10.2. The maximum Gasteiger partial charge on any atom is 0.130 e. The predicted molar refractivity (Wildman–Crippen MR) is 117 cm³/mol. The molecule has 0 unspecified atom stereocenters. The van der Waals surface area contributed by atoms with Gasteiger partial charge >= 0.3 is 0 Å². The van der Waals surface area contributed by atoms with Crippen LogP contribution in [0.15, 0.2) is 82.8 Å². The van der Waals surface area contributed by atoms with Crippen molar-refractivity contribution in [3.05, 3.63) is 95.1 Å². The van der Waals surface area contributed by atoms with Crippen molar-refractivity contribution in [2.75, 3.05) is 6.67 Å². The molecule has 2 heteroatoms. The van der Waals surface area contributed by atoms with Gasteiger partial charge in [0.05, 0.1) is 5.71 Å². The number of benzene rings is 3. The Morgan fingerprint density at radius 3 is 2.21 bits per heavy atom. The Morgan fingerprint density at radius 2 is 1.50 bits per heavy atom. The summed E-state index contributed by atoms with van der Waals surface area (Å²) in [6, 6.07) is 26.6. The summed E-state index contributed by atoms with van der Waals surface area (Å²) in [6.07, 6.45) is 6.78. The van der Waals surface area contributed by atoms with E-state index < -0.39 is 0 Å². The summed E-state index contributed by atoms with van der Waals surface area (Å²) in [5.74, 6) is 0.794. The van der Waals surface area contributed by atoms with Crippen molar-refractivity contribution in [2.45, 2.75) is 25.7 Å². The molecular formula is C26H24N2. The SMILES string of the molecule is C1=NCN=C1c1cccc(-c2ccc(CCC3Cc4ccccc4C3)cc2)c1. The van der Waals surface area contributed by atoms with Crippen LogP contribution in [0.25, 0.3) is 11.1 Å². The topological polar surface area (TPSA) is 24.7 Å². The smallest absolute Gasteiger partial charge is 0.130 e. The lowest BCUT2D eigenvalue weighted by molar-refractivity contribution is 0.514. The predicted octanol–water partition coefficient (Wildman–Crippen LogP) is 5.53. The molecule has 2 aliphatic rings. The number of fused-ring (bicyclic) bond motifs is 1. The van der Waals surface area contributed by atoms with Gasteiger partial charge in [-0.25, -0.2) is 0 Å². The first-order chi connectivity index (χ1) is 13.8. The van der Waals surface area contributed by atoms with Crippen LogP contribution in [0.3, 0.4) is 0 Å². The summed E-state index contributed by atoms with van der Waals surface area (Å²) >= 11 is 0. The van der Waals surface area contributed by atoms with Crippen molar-refractivity contribution in [1.82, 2.24) is 0 Å². The fourth-order valence-corrected chi connectivity index (χ4v) is 4.40. The number of hydrogen-bond donors (Lipinski definition) is 0. The van der Waals surface area contributed by atoms with E-state index >= 15 is 0 Å². The van der Waals surface area contributed by atoms with Gasteiger partial charge in [0.2, 0.25) is 0 Å². The summed E-state index contributed by atoms with van der Waals surface area (Å²) in [7, 11) is 0. The molecule has 0 atom stereocenters. The molecule has 1 aliphatic carbocycles. The van der Waals surface area contributed by atoms with E-state index in [-0.39, 0.29) is 0 Å². The molecule has 0 bridgehead atoms. The Labute approximate surface area is 166 Å². The zero-order valence-corrected chi connectivity index (χ0v) is 16.0. The minimum absolute atomic E-state index is 0.556. The van der Waals surface area contributed by atoms with Gasteiger partial charge in [0.15, 0.2) is 0 Å². The van der Waals surface area contributed by atoms with Crippen LogP contribution in [-0.4, -0.2) is 18.6 Å². The van der Waals surface area contributed by atoms with E-state index in [2.05, 4.69) is 82.8 Å². The van der Waals surface area contributed by atoms with Crippen molar-refractivity contribution >= 4 is 11.9 Å². The molecule has 0 saturated carbocycles. The van der Waals surface area contributed by atoms with Gasteiger partial charge in [0, 0.05) is 11.8 Å². The molecular weight excluding hydrogens is 340 g/mol. The van der Waals surface area contributed by atoms with Gasteiger partial charge < -0.3 is 0 Å². The molecule has 28 heavy (non-hydrogen) atoms. The molecule has 0 aromatic heterocycles. The molecule has 0 spiro atoms. The summed E-state index contributed by atoms with van der Waals surface area (Å²) < 4.78 is 0. The van der Waals surface area contributed by atoms with E-state index in [1.165, 1.54) is 36.0 Å². The molecule has 0 saturated heterocycles. The van der Waals surface area contributed by atoms with Gasteiger partial charge in [0.25, 0.3) is 0 Å². The highest BCUT2D eigenvalue weighted by molar-refractivity contribution is 6.39. The number of rotatable bonds is 5. The third-order valence-corrected chi connectivity index (χ3v) is 5.96. The van der Waals surface area contributed by atoms with Crippen LogP contribution < -0.4 is 0 Å². The minimum Gasteiger partial charge on any atom is -0.268 e. The second-order valence-electron chi connectivity index (χ2n) is 7.86. The Morgan fingerprint density at radius 1 is 0.750 bits per heavy atom. The molecule has 0 N–H and O–H groups in total. The van der Waals surface area contributed by atoms with Crippen LogP contribution in [0.1, 0.15) is 28.7 Å². The van der Waals surface area contributed by atoms with Crippen molar-refractivity contribution in [3.8, 4) is 11.1 Å². The van der Waals surface area contributed by atoms with Crippen LogP contribution in [0, 0.1) is 5.92 Å². The normalized spacial score (nSPS) is 15.6. The quantitative estimate of drug-likeness (QED) is 0.568. The van der Waals surface area contributed by atoms with E-state index in [4.69, 9.17) is 0 Å². The van der Waals surface area contributed by atoms with Crippen LogP contribution in [0.4, 0.5) is 0 Å².